The van der Waals surface area contributed by atoms with Gasteiger partial charge in [0.15, 0.2) is 6.10 Å². The first kappa shape index (κ1) is 10.6. The van der Waals surface area contributed by atoms with Gasteiger partial charge in [-0.3, -0.25) is 4.98 Å². The number of hydrogen-bond acceptors (Lipinski definition) is 4. The third kappa shape index (κ3) is 1.74. The van der Waals surface area contributed by atoms with E-state index < -0.39 is 12.2 Å². The van der Waals surface area contributed by atoms with Gasteiger partial charge >= 0.3 is 0 Å². The molecule has 0 saturated carbocycles. The zero-order valence-corrected chi connectivity index (χ0v) is 8.41. The van der Waals surface area contributed by atoms with Crippen molar-refractivity contribution in [2.24, 2.45) is 0 Å². The van der Waals surface area contributed by atoms with Crippen LogP contribution in [0.3, 0.4) is 0 Å². The predicted octanol–water partition coefficient (Wildman–Crippen LogP) is 1.15. The molecule has 4 heteroatoms. The second-order valence-corrected chi connectivity index (χ2v) is 3.46. The second kappa shape index (κ2) is 4.27. The quantitative estimate of drug-likeness (QED) is 0.735. The fourth-order valence-electron chi connectivity index (χ4n) is 1.65. The average molecular weight is 214 g/mol. The number of pyridine rings is 1. The maximum Gasteiger partial charge on any atom is 0.170 e. The summed E-state index contributed by atoms with van der Waals surface area (Å²) in [5, 5.41) is 29.3. The summed E-state index contributed by atoms with van der Waals surface area (Å²) in [7, 11) is 0. The molecule has 1 aromatic carbocycles. The molecule has 2 atom stereocenters. The summed E-state index contributed by atoms with van der Waals surface area (Å²) in [4.78, 5) is 3.97. The molecule has 1 heterocycles. The van der Waals surface area contributed by atoms with Crippen LogP contribution in [0, 0.1) is 11.3 Å². The summed E-state index contributed by atoms with van der Waals surface area (Å²) in [5.41, 5.74) is 0.536. The Bertz CT molecular complexity index is 543. The Morgan fingerprint density at radius 1 is 1.25 bits per heavy atom. The summed E-state index contributed by atoms with van der Waals surface area (Å²) in [6.45, 7) is 0. The van der Waals surface area contributed by atoms with Crippen molar-refractivity contribution in [1.82, 2.24) is 4.98 Å². The Morgan fingerprint density at radius 2 is 2.06 bits per heavy atom. The predicted molar refractivity (Wildman–Crippen MR) is 58.3 cm³/mol. The van der Waals surface area contributed by atoms with Crippen molar-refractivity contribution in [1.29, 1.82) is 5.26 Å². The number of aliphatic hydroxyl groups is 2. The maximum atomic E-state index is 9.79. The number of hydrogen-bond donors (Lipinski definition) is 2. The van der Waals surface area contributed by atoms with Crippen LogP contribution in [0.2, 0.25) is 0 Å². The number of aromatic nitrogens is 1. The van der Waals surface area contributed by atoms with E-state index in [4.69, 9.17) is 5.26 Å². The molecule has 0 aliphatic rings. The van der Waals surface area contributed by atoms with Gasteiger partial charge in [-0.1, -0.05) is 18.2 Å². The van der Waals surface area contributed by atoms with Gasteiger partial charge < -0.3 is 10.2 Å². The van der Waals surface area contributed by atoms with Crippen LogP contribution in [0.5, 0.6) is 0 Å². The third-order valence-corrected chi connectivity index (χ3v) is 2.46. The van der Waals surface area contributed by atoms with Crippen LogP contribution in [0.1, 0.15) is 11.7 Å². The molecule has 0 fully saturated rings. The third-order valence-electron chi connectivity index (χ3n) is 2.46. The first-order valence-corrected chi connectivity index (χ1v) is 4.82. The molecule has 16 heavy (non-hydrogen) atoms. The lowest BCUT2D eigenvalue weighted by molar-refractivity contribution is 0.0538. The zero-order valence-electron chi connectivity index (χ0n) is 8.41. The molecule has 2 unspecified atom stereocenters. The molecule has 2 N–H and O–H groups in total. The van der Waals surface area contributed by atoms with E-state index in [1.165, 1.54) is 0 Å². The Labute approximate surface area is 92.4 Å². The topological polar surface area (TPSA) is 77.1 Å². The van der Waals surface area contributed by atoms with Crippen LogP contribution in [0.4, 0.5) is 0 Å². The van der Waals surface area contributed by atoms with Crippen molar-refractivity contribution in [3.63, 3.8) is 0 Å². The van der Waals surface area contributed by atoms with Crippen LogP contribution in [0.15, 0.2) is 36.7 Å². The summed E-state index contributed by atoms with van der Waals surface area (Å²) in [5.74, 6) is 0. The van der Waals surface area contributed by atoms with Crippen LogP contribution >= 0.6 is 0 Å². The SMILES string of the molecule is N#CC(O)C(O)c1cccc2cnccc12. The van der Waals surface area contributed by atoms with Gasteiger partial charge in [-0.25, -0.2) is 0 Å². The van der Waals surface area contributed by atoms with Gasteiger partial charge in [0.25, 0.3) is 0 Å². The van der Waals surface area contributed by atoms with E-state index in [9.17, 15) is 10.2 Å². The highest BCUT2D eigenvalue weighted by Gasteiger charge is 2.19. The summed E-state index contributed by atoms with van der Waals surface area (Å²) >= 11 is 0. The van der Waals surface area contributed by atoms with Crippen molar-refractivity contribution >= 4 is 10.8 Å². The molecule has 0 aliphatic carbocycles. The second-order valence-electron chi connectivity index (χ2n) is 3.46. The Hall–Kier alpha value is -1.96. The summed E-state index contributed by atoms with van der Waals surface area (Å²) < 4.78 is 0. The van der Waals surface area contributed by atoms with Crippen molar-refractivity contribution in [2.75, 3.05) is 0 Å². The van der Waals surface area contributed by atoms with Crippen LogP contribution in [0.25, 0.3) is 10.8 Å². The van der Waals surface area contributed by atoms with E-state index in [0.717, 1.165) is 10.8 Å². The van der Waals surface area contributed by atoms with Gasteiger partial charge in [0.05, 0.1) is 6.07 Å². The van der Waals surface area contributed by atoms with Crippen molar-refractivity contribution in [3.05, 3.63) is 42.2 Å². The number of aliphatic hydroxyl groups excluding tert-OH is 2. The van der Waals surface area contributed by atoms with Gasteiger partial charge in [0.2, 0.25) is 0 Å². The van der Waals surface area contributed by atoms with Crippen molar-refractivity contribution in [3.8, 4) is 6.07 Å². The van der Waals surface area contributed by atoms with Gasteiger partial charge in [0.1, 0.15) is 6.10 Å². The number of nitrogens with zero attached hydrogens (tertiary/aromatic N) is 2. The monoisotopic (exact) mass is 214 g/mol. The van der Waals surface area contributed by atoms with Crippen LogP contribution in [-0.4, -0.2) is 21.3 Å². The van der Waals surface area contributed by atoms with E-state index in [0.29, 0.717) is 5.56 Å². The largest absolute Gasteiger partial charge is 0.385 e. The minimum absolute atomic E-state index is 0.536. The minimum atomic E-state index is -1.42. The first-order valence-electron chi connectivity index (χ1n) is 4.82. The number of fused-ring (bicyclic) bond motifs is 1. The molecule has 0 aliphatic heterocycles. The molecule has 2 rings (SSSR count). The van der Waals surface area contributed by atoms with Crippen molar-refractivity contribution < 1.29 is 10.2 Å². The lowest BCUT2D eigenvalue weighted by Gasteiger charge is -2.14. The highest BCUT2D eigenvalue weighted by molar-refractivity contribution is 5.85. The molecular formula is C12H10N2O2. The van der Waals surface area contributed by atoms with Crippen molar-refractivity contribution in [2.45, 2.75) is 12.2 Å². The average Bonchev–Trinajstić information content (AvgIpc) is 2.36. The van der Waals surface area contributed by atoms with Gasteiger partial charge in [-0.05, 0) is 17.0 Å². The smallest absolute Gasteiger partial charge is 0.170 e. The molecule has 80 valence electrons. The molecule has 0 radical (unpaired) electrons. The van der Waals surface area contributed by atoms with Gasteiger partial charge in [-0.15, -0.1) is 0 Å². The van der Waals surface area contributed by atoms with E-state index in [-0.39, 0.29) is 0 Å². The number of nitriles is 1. The molecule has 0 saturated heterocycles. The van der Waals surface area contributed by atoms with Crippen LogP contribution < -0.4 is 0 Å². The lowest BCUT2D eigenvalue weighted by atomic mass is 9.99. The molecule has 2 aromatic rings. The van der Waals surface area contributed by atoms with E-state index in [1.807, 2.05) is 6.07 Å². The van der Waals surface area contributed by atoms with E-state index in [1.54, 1.807) is 36.7 Å². The normalized spacial score (nSPS) is 14.3. The molecule has 0 spiro atoms. The zero-order chi connectivity index (χ0) is 11.5. The molecule has 0 bridgehead atoms. The van der Waals surface area contributed by atoms with Gasteiger partial charge in [-0.2, -0.15) is 5.26 Å². The number of rotatable bonds is 2. The maximum absolute atomic E-state index is 9.79. The Kier molecular flexibility index (Phi) is 2.82. The molecule has 0 amide bonds. The fraction of sp³-hybridized carbons (Fsp3) is 0.167. The molecule has 4 nitrogen and oxygen atoms in total. The molecular weight excluding hydrogens is 204 g/mol. The number of benzene rings is 1. The first-order chi connectivity index (χ1) is 7.74. The van der Waals surface area contributed by atoms with E-state index in [2.05, 4.69) is 4.98 Å². The highest BCUT2D eigenvalue weighted by atomic mass is 16.3. The fourth-order valence-corrected chi connectivity index (χ4v) is 1.65. The Balaban J connectivity index is 2.57. The summed E-state index contributed by atoms with van der Waals surface area (Å²) in [6, 6.07) is 8.67. The van der Waals surface area contributed by atoms with Gasteiger partial charge in [0, 0.05) is 17.8 Å². The van der Waals surface area contributed by atoms with Crippen LogP contribution in [-0.2, 0) is 0 Å². The van der Waals surface area contributed by atoms with E-state index >= 15 is 0 Å². The highest BCUT2D eigenvalue weighted by Crippen LogP contribution is 2.25. The minimum Gasteiger partial charge on any atom is -0.385 e. The summed E-state index contributed by atoms with van der Waals surface area (Å²) in [6.07, 6.45) is 0.664. The molecule has 1 aromatic heterocycles. The standard InChI is InChI=1S/C12H10N2O2/c13-6-11(15)12(16)10-3-1-2-8-7-14-5-4-9(8)10/h1-5,7,11-12,15-16H. The Morgan fingerprint density at radius 3 is 2.81 bits per heavy atom. The lowest BCUT2D eigenvalue weighted by Crippen LogP contribution is -2.15.